The van der Waals surface area contributed by atoms with Crippen LogP contribution in [0.5, 0.6) is 5.88 Å². The molecule has 0 bridgehead atoms. The summed E-state index contributed by atoms with van der Waals surface area (Å²) in [6, 6.07) is 1.83. The van der Waals surface area contributed by atoms with Crippen molar-refractivity contribution in [3.8, 4) is 5.88 Å². The largest absolute Gasteiger partial charge is 0.481 e. The van der Waals surface area contributed by atoms with Gasteiger partial charge >= 0.3 is 0 Å². The zero-order valence-electron chi connectivity index (χ0n) is 14.6. The number of alkyl halides is 4. The lowest BCUT2D eigenvalue weighted by Crippen LogP contribution is -2.15. The van der Waals surface area contributed by atoms with Gasteiger partial charge < -0.3 is 9.72 Å². The molecule has 0 amide bonds. The highest BCUT2D eigenvalue weighted by atomic mass is 32.2. The Hall–Kier alpha value is -2.96. The summed E-state index contributed by atoms with van der Waals surface area (Å²) in [7, 11) is -3.21. The zero-order chi connectivity index (χ0) is 21.3. The smallest absolute Gasteiger partial charge is 0.266 e. The van der Waals surface area contributed by atoms with E-state index >= 15 is 0 Å². The minimum atomic E-state index is -4.37. The third-order valence-corrected chi connectivity index (χ3v) is 5.30. The van der Waals surface area contributed by atoms with Gasteiger partial charge in [0, 0.05) is 29.8 Å². The van der Waals surface area contributed by atoms with Gasteiger partial charge in [0.1, 0.15) is 4.90 Å². The molecule has 156 valence electrons. The van der Waals surface area contributed by atoms with Crippen LogP contribution in [0.15, 0.2) is 29.4 Å². The molecule has 3 rings (SSSR count). The summed E-state index contributed by atoms with van der Waals surface area (Å²) in [5, 5.41) is -0.166. The summed E-state index contributed by atoms with van der Waals surface area (Å²) in [6.45, 7) is 0. The minimum absolute atomic E-state index is 0.0286. The molecule has 0 aliphatic rings. The maximum atomic E-state index is 14.2. The number of aromatic nitrogens is 3. The third kappa shape index (κ3) is 4.09. The number of hydrogen-bond donors (Lipinski definition) is 2. The van der Waals surface area contributed by atoms with Crippen molar-refractivity contribution in [3.05, 3.63) is 41.5 Å². The number of sulfonamides is 1. The van der Waals surface area contributed by atoms with E-state index in [0.717, 1.165) is 24.5 Å². The van der Waals surface area contributed by atoms with E-state index < -0.39 is 57.0 Å². The van der Waals surface area contributed by atoms with Gasteiger partial charge in [-0.1, -0.05) is 6.07 Å². The van der Waals surface area contributed by atoms with Crippen molar-refractivity contribution in [2.75, 3.05) is 11.8 Å². The van der Waals surface area contributed by atoms with E-state index in [-0.39, 0.29) is 16.8 Å². The molecule has 7 nitrogen and oxygen atoms in total. The number of halogens is 5. The summed E-state index contributed by atoms with van der Waals surface area (Å²) < 4.78 is 97.0. The molecule has 2 aromatic heterocycles. The second kappa shape index (κ2) is 7.81. The summed E-state index contributed by atoms with van der Waals surface area (Å²) in [6.07, 6.45) is -4.54. The maximum absolute atomic E-state index is 14.2. The number of fused-ring (bicyclic) bond motifs is 1. The fourth-order valence-corrected chi connectivity index (χ4v) is 3.77. The first kappa shape index (κ1) is 20.8. The lowest BCUT2D eigenvalue weighted by Gasteiger charge is -2.10. The lowest BCUT2D eigenvalue weighted by atomic mass is 10.1. The standard InChI is InChI=1S/C16H13F5N4O3S/c1-28-15-7(4-11(17)18)5-23-16(24-15)25-29(26,27)10-6-22-13-8(10)2-3-9(12(13)19)14(20)21/h2-3,5-6,11,14,22H,4H2,1H3,(H,23,24,25). The highest BCUT2D eigenvalue weighted by Crippen LogP contribution is 2.31. The van der Waals surface area contributed by atoms with Crippen LogP contribution in [0.25, 0.3) is 10.9 Å². The van der Waals surface area contributed by atoms with Crippen LogP contribution in [0.2, 0.25) is 0 Å². The predicted octanol–water partition coefficient (Wildman–Crippen LogP) is 3.65. The Morgan fingerprint density at radius 3 is 2.59 bits per heavy atom. The normalized spacial score (nSPS) is 12.1. The second-order valence-electron chi connectivity index (χ2n) is 5.77. The highest BCUT2D eigenvalue weighted by Gasteiger charge is 2.25. The van der Waals surface area contributed by atoms with Crippen molar-refractivity contribution >= 4 is 26.9 Å². The van der Waals surface area contributed by atoms with Crippen molar-refractivity contribution in [3.63, 3.8) is 0 Å². The predicted molar refractivity (Wildman–Crippen MR) is 92.3 cm³/mol. The quantitative estimate of drug-likeness (QED) is 0.551. The van der Waals surface area contributed by atoms with Crippen LogP contribution in [-0.2, 0) is 16.4 Å². The van der Waals surface area contributed by atoms with Crippen molar-refractivity contribution in [2.24, 2.45) is 0 Å². The molecule has 0 radical (unpaired) electrons. The maximum Gasteiger partial charge on any atom is 0.266 e. The zero-order valence-corrected chi connectivity index (χ0v) is 15.4. The number of benzene rings is 1. The molecule has 29 heavy (non-hydrogen) atoms. The Morgan fingerprint density at radius 1 is 1.24 bits per heavy atom. The van der Waals surface area contributed by atoms with Gasteiger partial charge in [-0.05, 0) is 6.07 Å². The van der Waals surface area contributed by atoms with E-state index in [1.807, 2.05) is 4.72 Å². The summed E-state index contributed by atoms with van der Waals surface area (Å²) in [4.78, 5) is 9.29. The first-order valence-electron chi connectivity index (χ1n) is 7.92. The fourth-order valence-electron chi connectivity index (χ4n) is 2.64. The van der Waals surface area contributed by atoms with Crippen molar-refractivity contribution < 1.29 is 35.1 Å². The topological polar surface area (TPSA) is 97.0 Å². The van der Waals surface area contributed by atoms with Gasteiger partial charge in [0.25, 0.3) is 16.4 Å². The monoisotopic (exact) mass is 436 g/mol. The van der Waals surface area contributed by atoms with Gasteiger partial charge in [-0.25, -0.2) is 40.1 Å². The van der Waals surface area contributed by atoms with Crippen LogP contribution < -0.4 is 9.46 Å². The number of methoxy groups -OCH3 is 1. The van der Waals surface area contributed by atoms with E-state index in [0.29, 0.717) is 0 Å². The number of ether oxygens (including phenoxy) is 1. The van der Waals surface area contributed by atoms with Crippen LogP contribution in [0, 0.1) is 5.82 Å². The molecule has 0 saturated carbocycles. The molecule has 0 saturated heterocycles. The molecular weight excluding hydrogens is 423 g/mol. The third-order valence-electron chi connectivity index (χ3n) is 3.93. The number of rotatable bonds is 7. The van der Waals surface area contributed by atoms with Gasteiger partial charge in [0.2, 0.25) is 18.3 Å². The van der Waals surface area contributed by atoms with Crippen LogP contribution in [0.4, 0.5) is 27.9 Å². The molecule has 0 unspecified atom stereocenters. The molecule has 0 atom stereocenters. The van der Waals surface area contributed by atoms with E-state index in [1.54, 1.807) is 0 Å². The van der Waals surface area contributed by atoms with Gasteiger partial charge in [-0.2, -0.15) is 4.98 Å². The number of nitrogens with one attached hydrogen (secondary N) is 2. The first-order valence-corrected chi connectivity index (χ1v) is 9.41. The number of nitrogens with zero attached hydrogens (tertiary/aromatic N) is 2. The molecular formula is C16H13F5N4O3S. The molecule has 13 heteroatoms. The minimum Gasteiger partial charge on any atom is -0.481 e. The molecule has 0 spiro atoms. The second-order valence-corrected chi connectivity index (χ2v) is 7.42. The lowest BCUT2D eigenvalue weighted by molar-refractivity contribution is 0.146. The number of aromatic amines is 1. The number of H-pyrrole nitrogens is 1. The van der Waals surface area contributed by atoms with Gasteiger partial charge in [-0.15, -0.1) is 0 Å². The molecule has 3 aromatic rings. The SMILES string of the molecule is COc1nc(NS(=O)(=O)c2c[nH]c3c(F)c(C(F)F)ccc23)ncc1CC(F)F. The summed E-state index contributed by atoms with van der Waals surface area (Å²) in [5.74, 6) is -1.99. The molecule has 2 heterocycles. The van der Waals surface area contributed by atoms with Crippen LogP contribution in [-0.4, -0.2) is 36.9 Å². The number of anilines is 1. The molecule has 1 aromatic carbocycles. The van der Waals surface area contributed by atoms with Crippen molar-refractivity contribution in [1.29, 1.82) is 0 Å². The van der Waals surface area contributed by atoms with Crippen LogP contribution in [0.1, 0.15) is 17.6 Å². The number of hydrogen-bond acceptors (Lipinski definition) is 5. The molecule has 0 fully saturated rings. The summed E-state index contributed by atoms with van der Waals surface area (Å²) >= 11 is 0. The Labute approximate surface area is 161 Å². The van der Waals surface area contributed by atoms with E-state index in [1.165, 1.54) is 7.11 Å². The Balaban J connectivity index is 1.97. The average molecular weight is 436 g/mol. The molecule has 0 aliphatic heterocycles. The first-order chi connectivity index (χ1) is 13.6. The van der Waals surface area contributed by atoms with E-state index in [9.17, 15) is 30.4 Å². The van der Waals surface area contributed by atoms with Crippen molar-refractivity contribution in [2.45, 2.75) is 24.2 Å². The Kier molecular flexibility index (Phi) is 5.59. The average Bonchev–Trinajstić information content (AvgIpc) is 3.08. The fraction of sp³-hybridized carbons (Fsp3) is 0.250. The van der Waals surface area contributed by atoms with Crippen molar-refractivity contribution in [1.82, 2.24) is 15.0 Å². The molecule has 2 N–H and O–H groups in total. The highest BCUT2D eigenvalue weighted by molar-refractivity contribution is 7.93. The van der Waals surface area contributed by atoms with E-state index in [2.05, 4.69) is 15.0 Å². The van der Waals surface area contributed by atoms with E-state index in [4.69, 9.17) is 4.74 Å². The van der Waals surface area contributed by atoms with Gasteiger partial charge in [0.15, 0.2) is 5.82 Å². The summed E-state index contributed by atoms with van der Waals surface area (Å²) in [5.41, 5.74) is -1.31. The van der Waals surface area contributed by atoms with Crippen LogP contribution >= 0.6 is 0 Å². The van der Waals surface area contributed by atoms with Gasteiger partial charge in [0.05, 0.1) is 18.2 Å². The van der Waals surface area contributed by atoms with Crippen LogP contribution in [0.3, 0.4) is 0 Å². The Bertz CT molecular complexity index is 1150. The molecule has 0 aliphatic carbocycles. The Morgan fingerprint density at radius 2 is 1.97 bits per heavy atom. The van der Waals surface area contributed by atoms with Gasteiger partial charge in [-0.3, -0.25) is 0 Å².